The number of nitrogens with one attached hydrogen (secondary N) is 2. The van der Waals surface area contributed by atoms with Gasteiger partial charge in [0.15, 0.2) is 24.1 Å². The number of para-hydroxylation sites is 1. The molecule has 0 aromatic heterocycles. The molecule has 0 fully saturated rings. The second-order valence-electron chi connectivity index (χ2n) is 4.69. The quantitative estimate of drug-likeness (QED) is 0.836. The van der Waals surface area contributed by atoms with Gasteiger partial charge >= 0.3 is 0 Å². The molecule has 8 heteroatoms. The summed E-state index contributed by atoms with van der Waals surface area (Å²) >= 11 is 0. The van der Waals surface area contributed by atoms with Crippen molar-refractivity contribution in [1.82, 2.24) is 0 Å². The summed E-state index contributed by atoms with van der Waals surface area (Å²) in [6, 6.07) is 6.05. The maximum Gasteiger partial charge on any atom is 0.262 e. The van der Waals surface area contributed by atoms with Gasteiger partial charge in [0.2, 0.25) is 0 Å². The van der Waals surface area contributed by atoms with Crippen LogP contribution in [0, 0.1) is 17.5 Å². The maximum absolute atomic E-state index is 13.6. The first kappa shape index (κ1) is 14.9. The van der Waals surface area contributed by atoms with Crippen LogP contribution in [-0.4, -0.2) is 18.4 Å². The van der Waals surface area contributed by atoms with E-state index in [4.69, 9.17) is 4.74 Å². The molecule has 0 unspecified atom stereocenters. The van der Waals surface area contributed by atoms with Gasteiger partial charge < -0.3 is 15.4 Å². The molecule has 0 saturated carbocycles. The molecule has 0 bridgehead atoms. The Balaban J connectivity index is 1.93. The lowest BCUT2D eigenvalue weighted by atomic mass is 10.1. The molecule has 0 aliphatic carbocycles. The molecule has 2 amide bonds. The van der Waals surface area contributed by atoms with E-state index in [1.165, 1.54) is 6.07 Å². The molecule has 0 radical (unpaired) electrons. The summed E-state index contributed by atoms with van der Waals surface area (Å²) < 4.78 is 44.9. The number of hydrogen-bond acceptors (Lipinski definition) is 3. The first-order chi connectivity index (χ1) is 11.0. The van der Waals surface area contributed by atoms with E-state index in [1.807, 2.05) is 0 Å². The minimum Gasteiger partial charge on any atom is -0.481 e. The van der Waals surface area contributed by atoms with Crippen LogP contribution in [0.1, 0.15) is 10.4 Å². The van der Waals surface area contributed by atoms with E-state index in [2.05, 4.69) is 10.6 Å². The zero-order chi connectivity index (χ0) is 16.6. The van der Waals surface area contributed by atoms with Gasteiger partial charge in [-0.1, -0.05) is 6.07 Å². The van der Waals surface area contributed by atoms with Gasteiger partial charge in [-0.3, -0.25) is 9.59 Å². The van der Waals surface area contributed by atoms with Gasteiger partial charge in [-0.15, -0.1) is 0 Å². The Morgan fingerprint density at radius 2 is 1.91 bits per heavy atom. The third kappa shape index (κ3) is 2.70. The fourth-order valence-electron chi connectivity index (χ4n) is 2.09. The van der Waals surface area contributed by atoms with Crippen LogP contribution in [-0.2, 0) is 4.79 Å². The molecular formula is C15H9F3N2O3. The van der Waals surface area contributed by atoms with Crippen LogP contribution < -0.4 is 15.4 Å². The monoisotopic (exact) mass is 322 g/mol. The topological polar surface area (TPSA) is 67.4 Å². The van der Waals surface area contributed by atoms with Crippen molar-refractivity contribution in [3.63, 3.8) is 0 Å². The summed E-state index contributed by atoms with van der Waals surface area (Å²) in [6.07, 6.45) is 0. The molecule has 0 spiro atoms. The van der Waals surface area contributed by atoms with Gasteiger partial charge in [-0.05, 0) is 24.3 Å². The van der Waals surface area contributed by atoms with Gasteiger partial charge in [-0.25, -0.2) is 13.2 Å². The number of ether oxygens (including phenoxy) is 1. The average molecular weight is 322 g/mol. The number of rotatable bonds is 2. The van der Waals surface area contributed by atoms with Gasteiger partial charge in [-0.2, -0.15) is 0 Å². The zero-order valence-corrected chi connectivity index (χ0v) is 11.5. The average Bonchev–Trinajstić information content (AvgIpc) is 2.53. The number of benzene rings is 2. The molecule has 3 rings (SSSR count). The molecule has 2 aromatic carbocycles. The zero-order valence-electron chi connectivity index (χ0n) is 11.5. The number of carbonyl (C=O) groups excluding carboxylic acids is 2. The fourth-order valence-corrected chi connectivity index (χ4v) is 2.09. The summed E-state index contributed by atoms with van der Waals surface area (Å²) in [4.78, 5) is 23.4. The van der Waals surface area contributed by atoms with Crippen molar-refractivity contribution in [2.45, 2.75) is 0 Å². The van der Waals surface area contributed by atoms with Crippen LogP contribution in [0.2, 0.25) is 0 Å². The van der Waals surface area contributed by atoms with E-state index in [0.717, 1.165) is 6.07 Å². The van der Waals surface area contributed by atoms with Gasteiger partial charge in [0.25, 0.3) is 11.8 Å². The number of anilines is 2. The van der Waals surface area contributed by atoms with Crippen molar-refractivity contribution in [3.05, 3.63) is 53.3 Å². The third-order valence-corrected chi connectivity index (χ3v) is 3.18. The van der Waals surface area contributed by atoms with Crippen LogP contribution in [0.5, 0.6) is 5.75 Å². The summed E-state index contributed by atoms with van der Waals surface area (Å²) in [5.41, 5.74) is -0.311. The smallest absolute Gasteiger partial charge is 0.262 e. The van der Waals surface area contributed by atoms with Crippen molar-refractivity contribution in [1.29, 1.82) is 0 Å². The molecule has 118 valence electrons. The standard InChI is InChI=1S/C15H9F3N2O3/c16-8-5-4-7(12(17)13(8)18)15(22)19-9-2-1-3-10-14(9)20-11(21)6-23-10/h1-5H,6H2,(H,19,22)(H,20,21). The molecule has 2 N–H and O–H groups in total. The summed E-state index contributed by atoms with van der Waals surface area (Å²) in [5, 5.41) is 4.85. The Labute approximate surface area is 128 Å². The molecule has 23 heavy (non-hydrogen) atoms. The minimum atomic E-state index is -1.73. The Bertz CT molecular complexity index is 824. The summed E-state index contributed by atoms with van der Waals surface area (Å²) in [6.45, 7) is -0.164. The predicted octanol–water partition coefficient (Wildman–Crippen LogP) is 2.69. The highest BCUT2D eigenvalue weighted by Crippen LogP contribution is 2.35. The molecular weight excluding hydrogens is 313 g/mol. The molecule has 2 aromatic rings. The van der Waals surface area contributed by atoms with Gasteiger partial charge in [0.05, 0.1) is 11.3 Å². The lowest BCUT2D eigenvalue weighted by molar-refractivity contribution is -0.118. The lowest BCUT2D eigenvalue weighted by Gasteiger charge is -2.20. The number of halogens is 3. The van der Waals surface area contributed by atoms with Crippen LogP contribution in [0.4, 0.5) is 24.5 Å². The van der Waals surface area contributed by atoms with E-state index in [-0.39, 0.29) is 18.0 Å². The van der Waals surface area contributed by atoms with E-state index < -0.39 is 34.8 Å². The second-order valence-corrected chi connectivity index (χ2v) is 4.69. The van der Waals surface area contributed by atoms with E-state index in [1.54, 1.807) is 12.1 Å². The van der Waals surface area contributed by atoms with E-state index in [0.29, 0.717) is 11.8 Å². The predicted molar refractivity (Wildman–Crippen MR) is 74.8 cm³/mol. The summed E-state index contributed by atoms with van der Waals surface area (Å²) in [7, 11) is 0. The Morgan fingerprint density at radius 3 is 2.70 bits per heavy atom. The van der Waals surface area contributed by atoms with Gasteiger partial charge in [0.1, 0.15) is 11.4 Å². The van der Waals surface area contributed by atoms with Crippen molar-refractivity contribution < 1.29 is 27.5 Å². The first-order valence-electron chi connectivity index (χ1n) is 6.48. The summed E-state index contributed by atoms with van der Waals surface area (Å²) in [5.74, 6) is -5.80. The maximum atomic E-state index is 13.6. The molecule has 1 aliphatic heterocycles. The number of fused-ring (bicyclic) bond motifs is 1. The van der Waals surface area contributed by atoms with Crippen molar-refractivity contribution in [2.24, 2.45) is 0 Å². The second kappa shape index (κ2) is 5.64. The highest BCUT2D eigenvalue weighted by molar-refractivity contribution is 6.08. The van der Waals surface area contributed by atoms with Crippen molar-refractivity contribution >= 4 is 23.2 Å². The van der Waals surface area contributed by atoms with Crippen LogP contribution >= 0.6 is 0 Å². The number of amides is 2. The highest BCUT2D eigenvalue weighted by Gasteiger charge is 2.23. The molecule has 1 aliphatic rings. The lowest BCUT2D eigenvalue weighted by Crippen LogP contribution is -2.26. The minimum absolute atomic E-state index is 0.143. The van der Waals surface area contributed by atoms with E-state index >= 15 is 0 Å². The van der Waals surface area contributed by atoms with Crippen LogP contribution in [0.3, 0.4) is 0 Å². The molecule has 5 nitrogen and oxygen atoms in total. The normalized spacial score (nSPS) is 12.9. The van der Waals surface area contributed by atoms with E-state index in [9.17, 15) is 22.8 Å². The first-order valence-corrected chi connectivity index (χ1v) is 6.48. The van der Waals surface area contributed by atoms with Crippen molar-refractivity contribution in [2.75, 3.05) is 17.2 Å². The third-order valence-electron chi connectivity index (χ3n) is 3.18. The Morgan fingerprint density at radius 1 is 1.13 bits per heavy atom. The highest BCUT2D eigenvalue weighted by atomic mass is 19.2. The SMILES string of the molecule is O=C1COc2cccc(NC(=O)c3ccc(F)c(F)c3F)c2N1. The number of hydrogen-bond donors (Lipinski definition) is 2. The Hall–Kier alpha value is -3.03. The van der Waals surface area contributed by atoms with Crippen molar-refractivity contribution in [3.8, 4) is 5.75 Å². The number of carbonyl (C=O) groups is 2. The van der Waals surface area contributed by atoms with Gasteiger partial charge in [0, 0.05) is 0 Å². The molecule has 0 atom stereocenters. The van der Waals surface area contributed by atoms with Crippen LogP contribution in [0.15, 0.2) is 30.3 Å². The molecule has 0 saturated heterocycles. The van der Waals surface area contributed by atoms with Crippen LogP contribution in [0.25, 0.3) is 0 Å². The molecule has 1 heterocycles. The largest absolute Gasteiger partial charge is 0.481 e. The Kier molecular flexibility index (Phi) is 3.65. The fraction of sp³-hybridized carbons (Fsp3) is 0.0667.